The fourth-order valence-electron chi connectivity index (χ4n) is 4.38. The summed E-state index contributed by atoms with van der Waals surface area (Å²) in [6.07, 6.45) is 8.54. The number of nitrogens with one attached hydrogen (secondary N) is 1. The minimum absolute atomic E-state index is 0.0502. The number of hydrogen-bond acceptors (Lipinski definition) is 3. The van der Waals surface area contributed by atoms with Crippen LogP contribution in [0.5, 0.6) is 0 Å². The summed E-state index contributed by atoms with van der Waals surface area (Å²) in [5.74, 6) is 0.0502. The van der Waals surface area contributed by atoms with Crippen LogP contribution in [0.25, 0.3) is 0 Å². The van der Waals surface area contributed by atoms with Crippen LogP contribution in [0.15, 0.2) is 23.4 Å². The molecule has 0 aliphatic heterocycles. The highest BCUT2D eigenvalue weighted by Gasteiger charge is 2.26. The van der Waals surface area contributed by atoms with Gasteiger partial charge in [-0.3, -0.25) is 4.79 Å². The Morgan fingerprint density at radius 2 is 1.93 bits per heavy atom. The molecule has 144 valence electrons. The average molecular weight is 384 g/mol. The normalized spacial score (nSPS) is 17.9. The number of aromatic nitrogens is 2. The molecule has 2 aliphatic carbocycles. The topological polar surface area (TPSA) is 46.9 Å². The highest BCUT2D eigenvalue weighted by Crippen LogP contribution is 2.36. The molecule has 0 bridgehead atoms. The van der Waals surface area contributed by atoms with Crippen LogP contribution in [-0.2, 0) is 17.6 Å². The van der Waals surface area contributed by atoms with Crippen LogP contribution in [0.3, 0.4) is 0 Å². The minimum Gasteiger partial charge on any atom is -0.325 e. The van der Waals surface area contributed by atoms with Gasteiger partial charge >= 0.3 is 0 Å². The minimum atomic E-state index is -0.181. The summed E-state index contributed by atoms with van der Waals surface area (Å²) in [4.78, 5) is 17.5. The molecular weight excluding hydrogens is 354 g/mol. The third-order valence-corrected chi connectivity index (χ3v) is 7.13. The number of benzene rings is 1. The molecule has 0 spiro atoms. The second-order valence-electron chi connectivity index (χ2n) is 7.96. The Morgan fingerprint density at radius 3 is 2.70 bits per heavy atom. The Labute approximate surface area is 166 Å². The van der Waals surface area contributed by atoms with Gasteiger partial charge in [-0.05, 0) is 76.1 Å². The predicted octanol–water partition coefficient (Wildman–Crippen LogP) is 5.22. The average Bonchev–Trinajstić information content (AvgIpc) is 3.36. The van der Waals surface area contributed by atoms with Gasteiger partial charge in [0.1, 0.15) is 0 Å². The number of aryl methyl sites for hydroxylation is 3. The van der Waals surface area contributed by atoms with Crippen LogP contribution >= 0.6 is 11.8 Å². The monoisotopic (exact) mass is 383 g/mol. The van der Waals surface area contributed by atoms with Crippen LogP contribution in [0.2, 0.25) is 0 Å². The van der Waals surface area contributed by atoms with Crippen molar-refractivity contribution in [1.82, 2.24) is 9.55 Å². The Hall–Kier alpha value is -1.75. The molecule has 2 aliphatic rings. The zero-order valence-electron chi connectivity index (χ0n) is 16.5. The third kappa shape index (κ3) is 3.79. The van der Waals surface area contributed by atoms with Gasteiger partial charge in [-0.1, -0.05) is 30.7 Å². The first-order chi connectivity index (χ1) is 13.0. The van der Waals surface area contributed by atoms with Gasteiger partial charge in [-0.15, -0.1) is 0 Å². The van der Waals surface area contributed by atoms with Crippen molar-refractivity contribution in [3.05, 3.63) is 40.7 Å². The van der Waals surface area contributed by atoms with Gasteiger partial charge in [0.05, 0.1) is 10.9 Å². The van der Waals surface area contributed by atoms with E-state index in [9.17, 15) is 4.79 Å². The second kappa shape index (κ2) is 7.70. The number of anilines is 1. The SMILES string of the molecule is Cc1nc(S[C@@H](C)C(=O)Nc2ccc3c(c2)CCC3)n(C2CCCC2)c1C. The summed E-state index contributed by atoms with van der Waals surface area (Å²) in [6, 6.07) is 6.88. The van der Waals surface area contributed by atoms with Crippen molar-refractivity contribution >= 4 is 23.4 Å². The maximum Gasteiger partial charge on any atom is 0.237 e. The Kier molecular flexibility index (Phi) is 5.31. The summed E-state index contributed by atoms with van der Waals surface area (Å²) in [5.41, 5.74) is 6.06. The van der Waals surface area contributed by atoms with E-state index in [0.717, 1.165) is 23.0 Å². The summed E-state index contributed by atoms with van der Waals surface area (Å²) < 4.78 is 2.38. The number of fused-ring (bicyclic) bond motifs is 1. The molecule has 27 heavy (non-hydrogen) atoms. The second-order valence-corrected chi connectivity index (χ2v) is 9.27. The van der Waals surface area contributed by atoms with Crippen LogP contribution < -0.4 is 5.32 Å². The quantitative estimate of drug-likeness (QED) is 0.720. The van der Waals surface area contributed by atoms with Gasteiger partial charge in [0.2, 0.25) is 5.91 Å². The van der Waals surface area contributed by atoms with Crippen LogP contribution in [0, 0.1) is 13.8 Å². The molecule has 4 rings (SSSR count). The van der Waals surface area contributed by atoms with Gasteiger partial charge in [0.15, 0.2) is 5.16 Å². The molecule has 0 radical (unpaired) electrons. The van der Waals surface area contributed by atoms with E-state index in [2.05, 4.69) is 35.9 Å². The Balaban J connectivity index is 1.46. The van der Waals surface area contributed by atoms with Gasteiger partial charge in [0.25, 0.3) is 0 Å². The van der Waals surface area contributed by atoms with Crippen molar-refractivity contribution in [3.8, 4) is 0 Å². The lowest BCUT2D eigenvalue weighted by Gasteiger charge is -2.19. The summed E-state index contributed by atoms with van der Waals surface area (Å²) in [7, 11) is 0. The smallest absolute Gasteiger partial charge is 0.237 e. The highest BCUT2D eigenvalue weighted by molar-refractivity contribution is 8.00. The molecule has 1 amide bonds. The van der Waals surface area contributed by atoms with E-state index >= 15 is 0 Å². The molecule has 2 aromatic rings. The van der Waals surface area contributed by atoms with E-state index in [1.54, 1.807) is 11.8 Å². The van der Waals surface area contributed by atoms with E-state index in [1.165, 1.54) is 55.3 Å². The van der Waals surface area contributed by atoms with E-state index in [1.807, 2.05) is 13.0 Å². The highest BCUT2D eigenvalue weighted by atomic mass is 32.2. The summed E-state index contributed by atoms with van der Waals surface area (Å²) in [5, 5.41) is 3.92. The number of rotatable bonds is 5. The Bertz CT molecular complexity index is 851. The molecule has 0 unspecified atom stereocenters. The third-order valence-electron chi connectivity index (χ3n) is 6.06. The number of amides is 1. The number of carbonyl (C=O) groups is 1. The molecule has 1 fully saturated rings. The zero-order valence-corrected chi connectivity index (χ0v) is 17.4. The van der Waals surface area contributed by atoms with Gasteiger partial charge in [-0.25, -0.2) is 4.98 Å². The molecule has 1 atom stereocenters. The fourth-order valence-corrected chi connectivity index (χ4v) is 5.45. The maximum absolute atomic E-state index is 12.8. The van der Waals surface area contributed by atoms with E-state index in [4.69, 9.17) is 4.98 Å². The number of imidazole rings is 1. The van der Waals surface area contributed by atoms with E-state index in [0.29, 0.717) is 6.04 Å². The van der Waals surface area contributed by atoms with Gasteiger partial charge in [0, 0.05) is 17.4 Å². The van der Waals surface area contributed by atoms with Crippen LogP contribution in [0.1, 0.15) is 67.6 Å². The summed E-state index contributed by atoms with van der Waals surface area (Å²) in [6.45, 7) is 6.20. The first-order valence-corrected chi connectivity index (χ1v) is 11.1. The van der Waals surface area contributed by atoms with Crippen molar-refractivity contribution < 1.29 is 4.79 Å². The van der Waals surface area contributed by atoms with Crippen molar-refractivity contribution in [2.75, 3.05) is 5.32 Å². The lowest BCUT2D eigenvalue weighted by atomic mass is 10.1. The number of hydrogen-bond donors (Lipinski definition) is 1. The lowest BCUT2D eigenvalue weighted by molar-refractivity contribution is -0.115. The Morgan fingerprint density at radius 1 is 1.19 bits per heavy atom. The standard InChI is InChI=1S/C22H29N3OS/c1-14-15(2)25(20-9-4-5-10-20)22(23-14)27-16(3)21(26)24-19-12-11-17-7-6-8-18(17)13-19/h11-13,16,20H,4-10H2,1-3H3,(H,24,26)/t16-/m0/s1. The van der Waals surface area contributed by atoms with Crippen molar-refractivity contribution in [2.45, 2.75) is 82.2 Å². The molecule has 5 heteroatoms. The number of carbonyl (C=O) groups excluding carboxylic acids is 1. The van der Waals surface area contributed by atoms with E-state index < -0.39 is 0 Å². The van der Waals surface area contributed by atoms with Gasteiger partial charge < -0.3 is 9.88 Å². The largest absolute Gasteiger partial charge is 0.325 e. The molecule has 1 aromatic carbocycles. The van der Waals surface area contributed by atoms with E-state index in [-0.39, 0.29) is 11.2 Å². The number of nitrogens with zero attached hydrogens (tertiary/aromatic N) is 2. The first-order valence-electron chi connectivity index (χ1n) is 10.2. The molecule has 1 heterocycles. The molecular formula is C22H29N3OS. The molecule has 1 N–H and O–H groups in total. The number of thioether (sulfide) groups is 1. The van der Waals surface area contributed by atoms with Crippen molar-refractivity contribution in [2.24, 2.45) is 0 Å². The molecule has 1 saturated carbocycles. The fraction of sp³-hybridized carbons (Fsp3) is 0.545. The molecule has 0 saturated heterocycles. The summed E-state index contributed by atoms with van der Waals surface area (Å²) >= 11 is 1.58. The van der Waals surface area contributed by atoms with Crippen LogP contribution in [0.4, 0.5) is 5.69 Å². The molecule has 1 aromatic heterocycles. The predicted molar refractivity (Wildman–Crippen MR) is 112 cm³/mol. The van der Waals surface area contributed by atoms with Gasteiger partial charge in [-0.2, -0.15) is 0 Å². The van der Waals surface area contributed by atoms with Crippen LogP contribution in [-0.4, -0.2) is 20.7 Å². The maximum atomic E-state index is 12.8. The first kappa shape index (κ1) is 18.6. The zero-order chi connectivity index (χ0) is 19.0. The lowest BCUT2D eigenvalue weighted by Crippen LogP contribution is -2.23. The van der Waals surface area contributed by atoms with Crippen molar-refractivity contribution in [1.29, 1.82) is 0 Å². The van der Waals surface area contributed by atoms with Crippen molar-refractivity contribution in [3.63, 3.8) is 0 Å². The molecule has 4 nitrogen and oxygen atoms in total.